The van der Waals surface area contributed by atoms with Crippen LogP contribution in [0.3, 0.4) is 0 Å². The smallest absolute Gasteiger partial charge is 0.123 e. The second kappa shape index (κ2) is 4.73. The van der Waals surface area contributed by atoms with Crippen LogP contribution in [0.15, 0.2) is 24.3 Å². The lowest BCUT2D eigenvalue weighted by atomic mass is 10.1. The molecule has 0 aliphatic carbocycles. The van der Waals surface area contributed by atoms with Gasteiger partial charge in [-0.05, 0) is 24.6 Å². The van der Waals surface area contributed by atoms with Gasteiger partial charge in [-0.15, -0.1) is 0 Å². The first-order valence-electron chi connectivity index (χ1n) is 5.45. The van der Waals surface area contributed by atoms with Crippen molar-refractivity contribution in [2.24, 2.45) is 0 Å². The second-order valence-corrected chi connectivity index (χ2v) is 4.15. The molecule has 0 spiro atoms. The normalized spacial score (nSPS) is 22.9. The van der Waals surface area contributed by atoms with Crippen molar-refractivity contribution in [3.63, 3.8) is 0 Å². The van der Waals surface area contributed by atoms with E-state index in [-0.39, 0.29) is 5.82 Å². The summed E-state index contributed by atoms with van der Waals surface area (Å²) in [5, 5.41) is 3.35. The van der Waals surface area contributed by atoms with Gasteiger partial charge < -0.3 is 5.32 Å². The van der Waals surface area contributed by atoms with Crippen LogP contribution in [0.2, 0.25) is 0 Å². The van der Waals surface area contributed by atoms with E-state index < -0.39 is 0 Å². The lowest BCUT2D eigenvalue weighted by Gasteiger charge is -2.33. The highest BCUT2D eigenvalue weighted by Crippen LogP contribution is 2.11. The summed E-state index contributed by atoms with van der Waals surface area (Å²) in [5.41, 5.74) is 1.06. The van der Waals surface area contributed by atoms with Gasteiger partial charge in [0, 0.05) is 32.2 Å². The zero-order chi connectivity index (χ0) is 10.7. The third-order valence-corrected chi connectivity index (χ3v) is 2.91. The maximum absolute atomic E-state index is 13.0. The molecule has 0 saturated carbocycles. The van der Waals surface area contributed by atoms with Crippen molar-refractivity contribution >= 4 is 0 Å². The van der Waals surface area contributed by atoms with Gasteiger partial charge in [-0.3, -0.25) is 4.90 Å². The topological polar surface area (TPSA) is 15.3 Å². The molecule has 1 N–H and O–H groups in total. The van der Waals surface area contributed by atoms with Crippen LogP contribution in [0.4, 0.5) is 4.39 Å². The van der Waals surface area contributed by atoms with Crippen molar-refractivity contribution in [2.75, 3.05) is 19.6 Å². The molecule has 82 valence electrons. The molecule has 1 aromatic carbocycles. The van der Waals surface area contributed by atoms with Gasteiger partial charge in [-0.1, -0.05) is 12.1 Å². The predicted molar refractivity (Wildman–Crippen MR) is 59.1 cm³/mol. The second-order valence-electron chi connectivity index (χ2n) is 4.15. The molecule has 1 saturated heterocycles. The molecule has 3 heteroatoms. The van der Waals surface area contributed by atoms with Gasteiger partial charge in [0.15, 0.2) is 0 Å². The summed E-state index contributed by atoms with van der Waals surface area (Å²) < 4.78 is 13.0. The summed E-state index contributed by atoms with van der Waals surface area (Å²) in [4.78, 5) is 2.38. The Balaban J connectivity index is 2.01. The van der Waals surface area contributed by atoms with Gasteiger partial charge in [0.2, 0.25) is 0 Å². The Hall–Kier alpha value is -0.930. The minimum absolute atomic E-state index is 0.143. The molecule has 1 aromatic rings. The van der Waals surface area contributed by atoms with E-state index >= 15 is 0 Å². The maximum Gasteiger partial charge on any atom is 0.123 e. The fourth-order valence-electron chi connectivity index (χ4n) is 1.99. The van der Waals surface area contributed by atoms with Crippen LogP contribution in [0, 0.1) is 5.82 Å². The third kappa shape index (κ3) is 2.76. The number of halogens is 1. The molecule has 0 amide bonds. The lowest BCUT2D eigenvalue weighted by molar-refractivity contribution is 0.165. The molecule has 1 aliphatic rings. The SMILES string of the molecule is C[C@H]1CNCCN1Cc1cccc(F)c1. The molecule has 0 aromatic heterocycles. The molecule has 1 heterocycles. The van der Waals surface area contributed by atoms with Crippen LogP contribution in [-0.4, -0.2) is 30.6 Å². The zero-order valence-corrected chi connectivity index (χ0v) is 9.04. The van der Waals surface area contributed by atoms with Crippen LogP contribution in [0.25, 0.3) is 0 Å². The first kappa shape index (κ1) is 10.6. The molecule has 2 rings (SSSR count). The summed E-state index contributed by atoms with van der Waals surface area (Å²) in [6.07, 6.45) is 0. The number of piperazine rings is 1. The molecular formula is C12H17FN2. The average Bonchev–Trinajstić information content (AvgIpc) is 2.22. The van der Waals surface area contributed by atoms with Gasteiger partial charge in [0.05, 0.1) is 0 Å². The highest BCUT2D eigenvalue weighted by Gasteiger charge is 2.17. The van der Waals surface area contributed by atoms with E-state index in [4.69, 9.17) is 0 Å². The van der Waals surface area contributed by atoms with Crippen LogP contribution >= 0.6 is 0 Å². The van der Waals surface area contributed by atoms with Gasteiger partial charge in [0.1, 0.15) is 5.82 Å². The van der Waals surface area contributed by atoms with Crippen molar-refractivity contribution in [2.45, 2.75) is 19.5 Å². The number of rotatable bonds is 2. The van der Waals surface area contributed by atoms with Crippen molar-refractivity contribution in [3.8, 4) is 0 Å². The Morgan fingerprint density at radius 3 is 3.13 bits per heavy atom. The maximum atomic E-state index is 13.0. The van der Waals surface area contributed by atoms with Gasteiger partial charge in [0.25, 0.3) is 0 Å². The van der Waals surface area contributed by atoms with Crippen LogP contribution in [-0.2, 0) is 6.54 Å². The molecule has 0 radical (unpaired) electrons. The van der Waals surface area contributed by atoms with Crippen LogP contribution < -0.4 is 5.32 Å². The highest BCUT2D eigenvalue weighted by atomic mass is 19.1. The molecule has 0 bridgehead atoms. The quantitative estimate of drug-likeness (QED) is 0.794. The van der Waals surface area contributed by atoms with Crippen molar-refractivity contribution in [1.82, 2.24) is 10.2 Å². The van der Waals surface area contributed by atoms with E-state index in [1.54, 1.807) is 12.1 Å². The summed E-state index contributed by atoms with van der Waals surface area (Å²) in [7, 11) is 0. The zero-order valence-electron chi connectivity index (χ0n) is 9.04. The molecule has 1 fully saturated rings. The van der Waals surface area contributed by atoms with E-state index in [0.29, 0.717) is 6.04 Å². The van der Waals surface area contributed by atoms with Crippen molar-refractivity contribution in [1.29, 1.82) is 0 Å². The predicted octanol–water partition coefficient (Wildman–Crippen LogP) is 1.62. The van der Waals surface area contributed by atoms with E-state index in [2.05, 4.69) is 17.1 Å². The summed E-state index contributed by atoms with van der Waals surface area (Å²) in [6, 6.07) is 7.40. The number of nitrogens with one attached hydrogen (secondary N) is 1. The van der Waals surface area contributed by atoms with Crippen molar-refractivity contribution < 1.29 is 4.39 Å². The summed E-state index contributed by atoms with van der Waals surface area (Å²) in [6.45, 7) is 6.14. The summed E-state index contributed by atoms with van der Waals surface area (Å²) >= 11 is 0. The number of hydrogen-bond donors (Lipinski definition) is 1. The molecule has 0 unspecified atom stereocenters. The molecule has 1 aliphatic heterocycles. The first-order chi connectivity index (χ1) is 7.25. The van der Waals surface area contributed by atoms with E-state index in [9.17, 15) is 4.39 Å². The monoisotopic (exact) mass is 208 g/mol. The van der Waals surface area contributed by atoms with Gasteiger partial charge in [-0.2, -0.15) is 0 Å². The Morgan fingerprint density at radius 1 is 1.53 bits per heavy atom. The van der Waals surface area contributed by atoms with E-state index in [0.717, 1.165) is 31.7 Å². The molecule has 2 nitrogen and oxygen atoms in total. The number of benzene rings is 1. The minimum atomic E-state index is -0.143. The lowest BCUT2D eigenvalue weighted by Crippen LogP contribution is -2.49. The molecule has 15 heavy (non-hydrogen) atoms. The largest absolute Gasteiger partial charge is 0.314 e. The van der Waals surface area contributed by atoms with E-state index in [1.807, 2.05) is 6.07 Å². The minimum Gasteiger partial charge on any atom is -0.314 e. The Kier molecular flexibility index (Phi) is 3.34. The Morgan fingerprint density at radius 2 is 2.40 bits per heavy atom. The van der Waals surface area contributed by atoms with Crippen LogP contribution in [0.1, 0.15) is 12.5 Å². The fraction of sp³-hybridized carbons (Fsp3) is 0.500. The molecular weight excluding hydrogens is 191 g/mol. The Bertz CT molecular complexity index is 327. The number of nitrogens with zero attached hydrogens (tertiary/aromatic N) is 1. The van der Waals surface area contributed by atoms with Crippen LogP contribution in [0.5, 0.6) is 0 Å². The standard InChI is InChI=1S/C12H17FN2/c1-10-8-14-5-6-15(10)9-11-3-2-4-12(13)7-11/h2-4,7,10,14H,5-6,8-9H2,1H3/t10-/m0/s1. The Labute approximate surface area is 90.1 Å². The summed E-state index contributed by atoms with van der Waals surface area (Å²) in [5.74, 6) is -0.143. The third-order valence-electron chi connectivity index (χ3n) is 2.91. The van der Waals surface area contributed by atoms with Gasteiger partial charge in [-0.25, -0.2) is 4.39 Å². The van der Waals surface area contributed by atoms with E-state index in [1.165, 1.54) is 6.07 Å². The average molecular weight is 208 g/mol. The number of hydrogen-bond acceptors (Lipinski definition) is 2. The van der Waals surface area contributed by atoms with Crippen molar-refractivity contribution in [3.05, 3.63) is 35.6 Å². The van der Waals surface area contributed by atoms with Gasteiger partial charge >= 0.3 is 0 Å². The highest BCUT2D eigenvalue weighted by molar-refractivity contribution is 5.16. The molecule has 1 atom stereocenters. The first-order valence-corrected chi connectivity index (χ1v) is 5.45. The fourth-order valence-corrected chi connectivity index (χ4v) is 1.99.